The minimum atomic E-state index is -0.914. The number of hydrogen-bond acceptors (Lipinski definition) is 2. The van der Waals surface area contributed by atoms with E-state index in [0.29, 0.717) is 25.4 Å². The first kappa shape index (κ1) is 15.4. The number of aliphatic carboxylic acids is 1. The second-order valence-electron chi connectivity index (χ2n) is 5.80. The lowest BCUT2D eigenvalue weighted by atomic mass is 9.92. The smallest absolute Gasteiger partial charge is 0.326 e. The molecule has 2 amide bonds. The molecule has 0 aromatic heterocycles. The number of piperidine rings is 1. The Hall–Kier alpha value is -2.04. The molecule has 5 heteroatoms. The summed E-state index contributed by atoms with van der Waals surface area (Å²) < 4.78 is 0. The molecule has 2 atom stereocenters. The van der Waals surface area contributed by atoms with E-state index in [1.807, 2.05) is 37.3 Å². The van der Waals surface area contributed by atoms with Gasteiger partial charge in [-0.2, -0.15) is 0 Å². The molecule has 1 heterocycles. The topological polar surface area (TPSA) is 60.9 Å². The lowest BCUT2D eigenvalue weighted by Gasteiger charge is -2.38. The van der Waals surface area contributed by atoms with E-state index in [2.05, 4.69) is 0 Å². The van der Waals surface area contributed by atoms with Crippen LogP contribution in [0.3, 0.4) is 0 Å². The molecule has 1 aromatic carbocycles. The Balaban J connectivity index is 2.05. The largest absolute Gasteiger partial charge is 0.480 e. The van der Waals surface area contributed by atoms with E-state index in [4.69, 9.17) is 0 Å². The normalized spacial score (nSPS) is 21.9. The quantitative estimate of drug-likeness (QED) is 0.930. The highest BCUT2D eigenvalue weighted by Gasteiger charge is 2.35. The Morgan fingerprint density at radius 3 is 2.62 bits per heavy atom. The second kappa shape index (κ2) is 6.61. The number of hydrogen-bond donors (Lipinski definition) is 1. The van der Waals surface area contributed by atoms with Crippen molar-refractivity contribution in [2.24, 2.45) is 5.92 Å². The summed E-state index contributed by atoms with van der Waals surface area (Å²) >= 11 is 0. The molecule has 2 rings (SSSR count). The van der Waals surface area contributed by atoms with Crippen LogP contribution in [-0.2, 0) is 11.3 Å². The molecular weight excluding hydrogens is 268 g/mol. The first-order chi connectivity index (χ1) is 9.99. The molecule has 1 N–H and O–H groups in total. The molecule has 0 saturated carbocycles. The summed E-state index contributed by atoms with van der Waals surface area (Å²) in [5, 5.41) is 9.33. The third-order valence-corrected chi connectivity index (χ3v) is 3.98. The number of benzene rings is 1. The van der Waals surface area contributed by atoms with E-state index in [1.165, 1.54) is 4.90 Å². The van der Waals surface area contributed by atoms with Crippen LogP contribution in [0, 0.1) is 5.92 Å². The van der Waals surface area contributed by atoms with Crippen LogP contribution in [0.15, 0.2) is 30.3 Å². The third kappa shape index (κ3) is 3.74. The molecule has 0 spiro atoms. The number of carbonyl (C=O) groups is 2. The molecule has 2 unspecified atom stereocenters. The van der Waals surface area contributed by atoms with Crippen molar-refractivity contribution in [3.8, 4) is 0 Å². The maximum absolute atomic E-state index is 12.5. The van der Waals surface area contributed by atoms with Crippen molar-refractivity contribution >= 4 is 12.0 Å². The summed E-state index contributed by atoms with van der Waals surface area (Å²) in [4.78, 5) is 27.0. The molecule has 1 saturated heterocycles. The van der Waals surface area contributed by atoms with Gasteiger partial charge in [-0.3, -0.25) is 0 Å². The van der Waals surface area contributed by atoms with E-state index in [9.17, 15) is 14.7 Å². The van der Waals surface area contributed by atoms with Crippen molar-refractivity contribution < 1.29 is 14.7 Å². The van der Waals surface area contributed by atoms with Crippen LogP contribution < -0.4 is 0 Å². The minimum Gasteiger partial charge on any atom is -0.480 e. The van der Waals surface area contributed by atoms with Crippen molar-refractivity contribution in [1.82, 2.24) is 9.80 Å². The Kier molecular flexibility index (Phi) is 4.83. The molecule has 1 aliphatic heterocycles. The number of urea groups is 1. The van der Waals surface area contributed by atoms with E-state index >= 15 is 0 Å². The molecule has 1 fully saturated rings. The summed E-state index contributed by atoms with van der Waals surface area (Å²) in [5.74, 6) is -0.572. The summed E-state index contributed by atoms with van der Waals surface area (Å²) in [5.41, 5.74) is 1.03. The molecule has 21 heavy (non-hydrogen) atoms. The van der Waals surface area contributed by atoms with Crippen LogP contribution in [0.4, 0.5) is 4.79 Å². The molecule has 5 nitrogen and oxygen atoms in total. The number of carbonyl (C=O) groups excluding carboxylic acids is 1. The summed E-state index contributed by atoms with van der Waals surface area (Å²) in [6.45, 7) is 3.03. The van der Waals surface area contributed by atoms with Gasteiger partial charge in [0.05, 0.1) is 0 Å². The Bertz CT molecular complexity index is 504. The zero-order chi connectivity index (χ0) is 15.4. The van der Waals surface area contributed by atoms with Gasteiger partial charge in [0.2, 0.25) is 0 Å². The van der Waals surface area contributed by atoms with Gasteiger partial charge in [-0.05, 0) is 24.3 Å². The lowest BCUT2D eigenvalue weighted by Crippen LogP contribution is -2.53. The lowest BCUT2D eigenvalue weighted by molar-refractivity contribution is -0.144. The first-order valence-electron chi connectivity index (χ1n) is 7.27. The van der Waals surface area contributed by atoms with Crippen molar-refractivity contribution in [3.05, 3.63) is 35.9 Å². The predicted molar refractivity (Wildman–Crippen MR) is 79.8 cm³/mol. The van der Waals surface area contributed by atoms with Gasteiger partial charge in [-0.15, -0.1) is 0 Å². The second-order valence-corrected chi connectivity index (χ2v) is 5.80. The van der Waals surface area contributed by atoms with Gasteiger partial charge >= 0.3 is 12.0 Å². The molecule has 1 aliphatic rings. The molecule has 0 radical (unpaired) electrons. The zero-order valence-corrected chi connectivity index (χ0v) is 12.5. The highest BCUT2D eigenvalue weighted by molar-refractivity contribution is 5.82. The third-order valence-electron chi connectivity index (χ3n) is 3.98. The fraction of sp³-hybridized carbons (Fsp3) is 0.500. The first-order valence-corrected chi connectivity index (χ1v) is 7.27. The van der Waals surface area contributed by atoms with Crippen LogP contribution in [0.25, 0.3) is 0 Å². The fourth-order valence-electron chi connectivity index (χ4n) is 2.75. The molecule has 0 aliphatic carbocycles. The number of likely N-dealkylation sites (tertiary alicyclic amines) is 1. The average Bonchev–Trinajstić information content (AvgIpc) is 2.47. The predicted octanol–water partition coefficient (Wildman–Crippen LogP) is 2.42. The van der Waals surface area contributed by atoms with Gasteiger partial charge in [0.25, 0.3) is 0 Å². The van der Waals surface area contributed by atoms with E-state index in [0.717, 1.165) is 12.0 Å². The van der Waals surface area contributed by atoms with Gasteiger partial charge in [0.15, 0.2) is 0 Å². The van der Waals surface area contributed by atoms with Crippen LogP contribution >= 0.6 is 0 Å². The Labute approximate surface area is 125 Å². The summed E-state index contributed by atoms with van der Waals surface area (Å²) in [7, 11) is 1.71. The molecule has 0 bridgehead atoms. The average molecular weight is 290 g/mol. The van der Waals surface area contributed by atoms with Gasteiger partial charge in [-0.25, -0.2) is 9.59 Å². The van der Waals surface area contributed by atoms with Gasteiger partial charge in [-0.1, -0.05) is 37.3 Å². The maximum Gasteiger partial charge on any atom is 0.326 e. The van der Waals surface area contributed by atoms with E-state index < -0.39 is 12.0 Å². The van der Waals surface area contributed by atoms with E-state index in [-0.39, 0.29) is 6.03 Å². The minimum absolute atomic E-state index is 0.210. The van der Waals surface area contributed by atoms with Gasteiger partial charge in [0, 0.05) is 20.1 Å². The monoisotopic (exact) mass is 290 g/mol. The standard InChI is InChI=1S/C16H22N2O3/c1-12-8-9-18(14(10-12)15(19)20)16(21)17(2)11-13-6-4-3-5-7-13/h3-7,12,14H,8-11H2,1-2H3,(H,19,20). The number of carboxylic acid groups (broad SMARTS) is 1. The summed E-state index contributed by atoms with van der Waals surface area (Å²) in [6.07, 6.45) is 1.38. The number of rotatable bonds is 3. The van der Waals surface area contributed by atoms with Crippen LogP contribution in [-0.4, -0.2) is 46.5 Å². The molecule has 1 aromatic rings. The van der Waals surface area contributed by atoms with Crippen LogP contribution in [0.5, 0.6) is 0 Å². The summed E-state index contributed by atoms with van der Waals surface area (Å²) in [6, 6.07) is 8.77. The van der Waals surface area contributed by atoms with Gasteiger partial charge in [0.1, 0.15) is 6.04 Å². The highest BCUT2D eigenvalue weighted by Crippen LogP contribution is 2.24. The van der Waals surface area contributed by atoms with Crippen molar-refractivity contribution in [2.45, 2.75) is 32.4 Å². The number of carboxylic acids is 1. The van der Waals surface area contributed by atoms with Crippen molar-refractivity contribution in [1.29, 1.82) is 0 Å². The number of nitrogens with zero attached hydrogens (tertiary/aromatic N) is 2. The van der Waals surface area contributed by atoms with Crippen LogP contribution in [0.1, 0.15) is 25.3 Å². The maximum atomic E-state index is 12.5. The van der Waals surface area contributed by atoms with E-state index in [1.54, 1.807) is 11.9 Å². The fourth-order valence-corrected chi connectivity index (χ4v) is 2.75. The zero-order valence-electron chi connectivity index (χ0n) is 12.5. The van der Waals surface area contributed by atoms with Crippen molar-refractivity contribution in [2.75, 3.05) is 13.6 Å². The Morgan fingerprint density at radius 2 is 2.00 bits per heavy atom. The SMILES string of the molecule is CC1CCN(C(=O)N(C)Cc2ccccc2)C(C(=O)O)C1. The van der Waals surface area contributed by atoms with Crippen molar-refractivity contribution in [3.63, 3.8) is 0 Å². The van der Waals surface area contributed by atoms with Crippen LogP contribution in [0.2, 0.25) is 0 Å². The molecule has 114 valence electrons. The molecular formula is C16H22N2O3. The number of amides is 2. The highest BCUT2D eigenvalue weighted by atomic mass is 16.4. The Morgan fingerprint density at radius 1 is 1.33 bits per heavy atom. The van der Waals surface area contributed by atoms with Gasteiger partial charge < -0.3 is 14.9 Å².